The van der Waals surface area contributed by atoms with Crippen LogP contribution in [0.3, 0.4) is 0 Å². The highest BCUT2D eigenvalue weighted by molar-refractivity contribution is 5.80. The van der Waals surface area contributed by atoms with Gasteiger partial charge in [-0.25, -0.2) is 0 Å². The van der Waals surface area contributed by atoms with Gasteiger partial charge in [-0.2, -0.15) is 0 Å². The number of carbonyl (C=O) groups excluding carboxylic acids is 2. The average Bonchev–Trinajstić information content (AvgIpc) is 3.37. The molecule has 368 valence electrons. The first-order valence-corrected chi connectivity index (χ1v) is 24.6. The molecule has 4 aliphatic rings. The van der Waals surface area contributed by atoms with Crippen molar-refractivity contribution in [2.45, 2.75) is 63.8 Å². The van der Waals surface area contributed by atoms with Crippen LogP contribution in [0.1, 0.15) is 47.9 Å². The molecule has 0 radical (unpaired) electrons. The zero-order chi connectivity index (χ0) is 47.2. The largest absolute Gasteiger partial charge is 0.488 e. The van der Waals surface area contributed by atoms with Crippen LogP contribution in [0.2, 0.25) is 0 Å². The van der Waals surface area contributed by atoms with Crippen molar-refractivity contribution in [2.24, 2.45) is 0 Å². The van der Waals surface area contributed by atoms with Gasteiger partial charge < -0.3 is 38.6 Å². The lowest BCUT2D eigenvalue weighted by atomic mass is 9.99. The first-order valence-electron chi connectivity index (χ1n) is 24.6. The maximum Gasteiger partial charge on any atom is 0.170 e. The van der Waals surface area contributed by atoms with Crippen molar-refractivity contribution in [3.05, 3.63) is 119 Å². The van der Waals surface area contributed by atoms with E-state index in [2.05, 4.69) is 68.1 Å². The Bertz CT molecular complexity index is 1980. The fraction of sp³-hybridized carbons (Fsp3) is 0.519. The van der Waals surface area contributed by atoms with E-state index in [-0.39, 0.29) is 24.8 Å². The summed E-state index contributed by atoms with van der Waals surface area (Å²) in [6.45, 7) is 14.2. The Morgan fingerprint density at radius 3 is 1.22 bits per heavy atom. The molecule has 0 unspecified atom stereocenters. The number of hydrogen-bond donors (Lipinski definition) is 2. The van der Waals surface area contributed by atoms with Crippen molar-refractivity contribution < 1.29 is 48.2 Å². The van der Waals surface area contributed by atoms with Crippen LogP contribution in [0.5, 0.6) is 23.0 Å². The SMILES string of the molecule is O=C(CC[C@@H](O)CN1CCc2ccccc2C1)COc1ccccc1OCCN1CCOCC1.O=C(CC[C@H](O)CN1CCc2ccccc2C1)COc1ccccc1OCCN1CCOCC1. The third-order valence-electron chi connectivity index (χ3n) is 12.9. The number of fused-ring (bicyclic) bond motifs is 2. The molecule has 4 heterocycles. The van der Waals surface area contributed by atoms with E-state index in [1.54, 1.807) is 0 Å². The Balaban J connectivity index is 0.000000201. The number of ketones is 2. The molecule has 0 aromatic heterocycles. The number of carbonyl (C=O) groups is 2. The minimum atomic E-state index is -0.523. The van der Waals surface area contributed by atoms with Gasteiger partial charge in [0.2, 0.25) is 0 Å². The van der Waals surface area contributed by atoms with Crippen LogP contribution in [0.15, 0.2) is 97.1 Å². The van der Waals surface area contributed by atoms with Gasteiger partial charge in [-0.3, -0.25) is 29.2 Å². The molecule has 0 saturated carbocycles. The number of aliphatic hydroxyl groups is 2. The van der Waals surface area contributed by atoms with Crippen LogP contribution in [0.25, 0.3) is 0 Å². The van der Waals surface area contributed by atoms with E-state index in [0.29, 0.717) is 75.0 Å². The number of hydrogen-bond acceptors (Lipinski definition) is 14. The van der Waals surface area contributed by atoms with Crippen molar-refractivity contribution >= 4 is 11.6 Å². The normalized spacial score (nSPS) is 17.7. The number of rotatable bonds is 24. The highest BCUT2D eigenvalue weighted by Gasteiger charge is 2.21. The minimum Gasteiger partial charge on any atom is -0.488 e. The zero-order valence-corrected chi connectivity index (χ0v) is 39.7. The van der Waals surface area contributed by atoms with E-state index in [9.17, 15) is 19.8 Å². The second-order valence-electron chi connectivity index (χ2n) is 18.0. The first kappa shape index (κ1) is 51.0. The van der Waals surface area contributed by atoms with Gasteiger partial charge in [0, 0.05) is 91.4 Å². The third kappa shape index (κ3) is 17.3. The van der Waals surface area contributed by atoms with E-state index in [4.69, 9.17) is 28.4 Å². The zero-order valence-electron chi connectivity index (χ0n) is 39.7. The topological polar surface area (TPSA) is 143 Å². The van der Waals surface area contributed by atoms with E-state index >= 15 is 0 Å². The number of para-hydroxylation sites is 4. The van der Waals surface area contributed by atoms with Crippen LogP contribution in [0.4, 0.5) is 0 Å². The van der Waals surface area contributed by atoms with E-state index in [0.717, 1.165) is 105 Å². The third-order valence-corrected chi connectivity index (χ3v) is 12.9. The van der Waals surface area contributed by atoms with Gasteiger partial charge in [-0.05, 0) is 72.2 Å². The molecule has 8 rings (SSSR count). The van der Waals surface area contributed by atoms with E-state index in [1.807, 2.05) is 48.5 Å². The molecule has 2 atom stereocenters. The summed E-state index contributed by atoms with van der Waals surface area (Å²) in [6.07, 6.45) is 2.44. The van der Waals surface area contributed by atoms with Gasteiger partial charge >= 0.3 is 0 Å². The Morgan fingerprint density at radius 1 is 0.471 bits per heavy atom. The van der Waals surface area contributed by atoms with Gasteiger partial charge in [0.05, 0.1) is 38.6 Å². The Morgan fingerprint density at radius 2 is 0.824 bits per heavy atom. The molecule has 68 heavy (non-hydrogen) atoms. The molecule has 2 saturated heterocycles. The summed E-state index contributed by atoms with van der Waals surface area (Å²) in [5, 5.41) is 20.9. The highest BCUT2D eigenvalue weighted by Crippen LogP contribution is 2.28. The van der Waals surface area contributed by atoms with Gasteiger partial charge in [-0.1, -0.05) is 72.8 Å². The maximum absolute atomic E-state index is 12.4. The summed E-state index contributed by atoms with van der Waals surface area (Å²) in [4.78, 5) is 33.9. The molecular weight excluding hydrogens is 865 g/mol. The lowest BCUT2D eigenvalue weighted by molar-refractivity contribution is -0.122. The summed E-state index contributed by atoms with van der Waals surface area (Å²) in [5.74, 6) is 2.40. The van der Waals surface area contributed by atoms with Crippen LogP contribution in [-0.4, -0.2) is 172 Å². The van der Waals surface area contributed by atoms with Crippen LogP contribution < -0.4 is 18.9 Å². The Hall–Kier alpha value is -4.90. The second-order valence-corrected chi connectivity index (χ2v) is 18.0. The molecule has 0 amide bonds. The molecule has 14 nitrogen and oxygen atoms in total. The lowest BCUT2D eigenvalue weighted by Gasteiger charge is -2.30. The quantitative estimate of drug-likeness (QED) is 0.0964. The number of aliphatic hydroxyl groups excluding tert-OH is 2. The minimum absolute atomic E-state index is 0.0202. The van der Waals surface area contributed by atoms with Gasteiger partial charge in [0.25, 0.3) is 0 Å². The van der Waals surface area contributed by atoms with E-state index < -0.39 is 12.2 Å². The van der Waals surface area contributed by atoms with Crippen molar-refractivity contribution in [2.75, 3.05) is 118 Å². The molecule has 4 aromatic rings. The summed E-state index contributed by atoms with van der Waals surface area (Å²) in [7, 11) is 0. The summed E-state index contributed by atoms with van der Waals surface area (Å²) in [6, 6.07) is 31.8. The molecule has 0 bridgehead atoms. The van der Waals surface area contributed by atoms with Gasteiger partial charge in [0.1, 0.15) is 26.4 Å². The summed E-state index contributed by atoms with van der Waals surface area (Å²) < 4.78 is 34.1. The standard InChI is InChI=1S/2C27H36N2O5/c2*30-24(20-29-12-11-22-5-1-2-6-23(22)19-29)9-10-25(31)21-34-27-8-4-3-7-26(27)33-18-15-28-13-16-32-17-14-28/h2*1-8,24,30H,9-21H2/t2*24-/m10/s1. The number of ether oxygens (including phenoxy) is 6. The smallest absolute Gasteiger partial charge is 0.170 e. The van der Waals surface area contributed by atoms with Gasteiger partial charge in [-0.15, -0.1) is 0 Å². The van der Waals surface area contributed by atoms with E-state index in [1.165, 1.54) is 22.3 Å². The highest BCUT2D eigenvalue weighted by atomic mass is 16.5. The molecule has 4 aromatic carbocycles. The van der Waals surface area contributed by atoms with Crippen LogP contribution in [-0.2, 0) is 45.0 Å². The van der Waals surface area contributed by atoms with Crippen molar-refractivity contribution in [1.29, 1.82) is 0 Å². The predicted octanol–water partition coefficient (Wildman–Crippen LogP) is 5.09. The first-order chi connectivity index (χ1) is 33.3. The maximum atomic E-state index is 12.4. The average molecular weight is 937 g/mol. The molecule has 2 fully saturated rings. The molecule has 4 aliphatic heterocycles. The monoisotopic (exact) mass is 937 g/mol. The van der Waals surface area contributed by atoms with Gasteiger partial charge in [0.15, 0.2) is 34.6 Å². The molecule has 2 N–H and O–H groups in total. The Kier molecular flexibility index (Phi) is 20.9. The number of Topliss-reactive ketones (excluding diaryl/α,β-unsaturated/α-hetero) is 2. The number of benzene rings is 4. The Labute approximate surface area is 402 Å². The molecule has 14 heteroatoms. The molecular formula is C54H72N4O10. The number of nitrogens with zero attached hydrogens (tertiary/aromatic N) is 4. The summed E-state index contributed by atoms with van der Waals surface area (Å²) >= 11 is 0. The second kappa shape index (κ2) is 27.9. The fourth-order valence-electron chi connectivity index (χ4n) is 8.91. The van der Waals surface area contributed by atoms with Crippen LogP contribution >= 0.6 is 0 Å². The lowest BCUT2D eigenvalue weighted by Crippen LogP contribution is -2.38. The summed E-state index contributed by atoms with van der Waals surface area (Å²) in [5.41, 5.74) is 5.45. The molecule has 0 spiro atoms. The van der Waals surface area contributed by atoms with Crippen LogP contribution in [0, 0.1) is 0 Å². The van der Waals surface area contributed by atoms with Crippen molar-refractivity contribution in [1.82, 2.24) is 19.6 Å². The number of β-amino-alcohol motifs (C(OH)–C–C–N with tert-alkyl or cyclic N) is 2. The number of morpholine rings is 2. The van der Waals surface area contributed by atoms with Crippen molar-refractivity contribution in [3.63, 3.8) is 0 Å². The predicted molar refractivity (Wildman–Crippen MR) is 261 cm³/mol. The molecule has 0 aliphatic carbocycles. The van der Waals surface area contributed by atoms with Crippen molar-refractivity contribution in [3.8, 4) is 23.0 Å². The fourth-order valence-corrected chi connectivity index (χ4v) is 8.91.